The van der Waals surface area contributed by atoms with E-state index in [1.165, 1.54) is 0 Å². The maximum absolute atomic E-state index is 9.70. The van der Waals surface area contributed by atoms with Gasteiger partial charge < -0.3 is 9.84 Å². The fourth-order valence-corrected chi connectivity index (χ4v) is 2.53. The Morgan fingerprint density at radius 1 is 1.37 bits per heavy atom. The van der Waals surface area contributed by atoms with Crippen molar-refractivity contribution in [3.63, 3.8) is 0 Å². The highest BCUT2D eigenvalue weighted by atomic mass is 16.6. The molecule has 1 aromatic rings. The standard InChI is InChI=1S/C15H20N2O2/c1-11(2)13(8-16)17-9-15(18)19-10-14(17)12-6-4-3-5-7-12/h3-7,11,13-15,18H,9-10H2,1-2H3/t13-,14+,15?/m0/s1. The van der Waals surface area contributed by atoms with Gasteiger partial charge in [-0.05, 0) is 11.5 Å². The molecule has 0 amide bonds. The monoisotopic (exact) mass is 260 g/mol. The van der Waals surface area contributed by atoms with Crippen LogP contribution in [0.15, 0.2) is 30.3 Å². The maximum atomic E-state index is 9.70. The number of nitriles is 1. The second-order valence-corrected chi connectivity index (χ2v) is 5.23. The first-order valence-electron chi connectivity index (χ1n) is 6.63. The van der Waals surface area contributed by atoms with E-state index < -0.39 is 6.29 Å². The molecule has 102 valence electrons. The number of aliphatic hydroxyl groups is 1. The van der Waals surface area contributed by atoms with Crippen molar-refractivity contribution in [3.05, 3.63) is 35.9 Å². The third kappa shape index (κ3) is 3.13. The summed E-state index contributed by atoms with van der Waals surface area (Å²) in [6.07, 6.45) is -0.811. The molecule has 3 atom stereocenters. The molecule has 1 heterocycles. The van der Waals surface area contributed by atoms with Gasteiger partial charge in [-0.3, -0.25) is 4.90 Å². The molecule has 1 aliphatic heterocycles. The molecular formula is C15H20N2O2. The van der Waals surface area contributed by atoms with E-state index in [0.29, 0.717) is 13.2 Å². The summed E-state index contributed by atoms with van der Waals surface area (Å²) >= 11 is 0. The number of morpholine rings is 1. The number of β-amino-alcohol motifs (C(OH)–C–C–N with tert-alkyl or cyclic N) is 1. The predicted molar refractivity (Wildman–Crippen MR) is 72.1 cm³/mol. The molecule has 0 radical (unpaired) electrons. The molecule has 0 aliphatic carbocycles. The first-order chi connectivity index (χ1) is 9.13. The van der Waals surface area contributed by atoms with E-state index in [4.69, 9.17) is 4.74 Å². The van der Waals surface area contributed by atoms with Crippen LogP contribution < -0.4 is 0 Å². The number of hydrogen-bond donors (Lipinski definition) is 1. The summed E-state index contributed by atoms with van der Waals surface area (Å²) in [7, 11) is 0. The number of benzene rings is 1. The summed E-state index contributed by atoms with van der Waals surface area (Å²) in [5, 5.41) is 19.1. The summed E-state index contributed by atoms with van der Waals surface area (Å²) in [6.45, 7) is 4.83. The van der Waals surface area contributed by atoms with Gasteiger partial charge in [-0.25, -0.2) is 0 Å². The van der Waals surface area contributed by atoms with Crippen LogP contribution in [0.5, 0.6) is 0 Å². The molecule has 1 aromatic carbocycles. The molecule has 1 saturated heterocycles. The normalized spacial score (nSPS) is 26.1. The Morgan fingerprint density at radius 2 is 2.05 bits per heavy atom. The fraction of sp³-hybridized carbons (Fsp3) is 0.533. The molecule has 0 bridgehead atoms. The van der Waals surface area contributed by atoms with E-state index in [2.05, 4.69) is 6.07 Å². The topological polar surface area (TPSA) is 56.5 Å². The van der Waals surface area contributed by atoms with Gasteiger partial charge in [0.1, 0.15) is 6.04 Å². The van der Waals surface area contributed by atoms with Gasteiger partial charge in [0.25, 0.3) is 0 Å². The van der Waals surface area contributed by atoms with Gasteiger partial charge in [0.15, 0.2) is 6.29 Å². The van der Waals surface area contributed by atoms with Crippen molar-refractivity contribution in [2.24, 2.45) is 5.92 Å². The lowest BCUT2D eigenvalue weighted by Gasteiger charge is -2.41. The SMILES string of the molecule is CC(C)[C@H](C#N)N1CC(O)OC[C@@H]1c1ccccc1. The summed E-state index contributed by atoms with van der Waals surface area (Å²) in [5.41, 5.74) is 1.12. The van der Waals surface area contributed by atoms with Crippen LogP contribution in [0.2, 0.25) is 0 Å². The van der Waals surface area contributed by atoms with E-state index in [1.807, 2.05) is 49.1 Å². The molecule has 4 heteroatoms. The molecule has 0 saturated carbocycles. The highest BCUT2D eigenvalue weighted by molar-refractivity contribution is 5.20. The summed E-state index contributed by atoms with van der Waals surface area (Å²) < 4.78 is 5.35. The van der Waals surface area contributed by atoms with E-state index in [1.54, 1.807) is 0 Å². The van der Waals surface area contributed by atoms with Crippen molar-refractivity contribution in [1.29, 1.82) is 5.26 Å². The molecule has 1 aliphatic rings. The second-order valence-electron chi connectivity index (χ2n) is 5.23. The Morgan fingerprint density at radius 3 is 2.63 bits per heavy atom. The van der Waals surface area contributed by atoms with E-state index in [-0.39, 0.29) is 18.0 Å². The zero-order valence-corrected chi connectivity index (χ0v) is 11.4. The zero-order chi connectivity index (χ0) is 13.8. The minimum Gasteiger partial charge on any atom is -0.367 e. The maximum Gasteiger partial charge on any atom is 0.167 e. The van der Waals surface area contributed by atoms with Crippen LogP contribution in [0, 0.1) is 17.2 Å². The molecule has 1 fully saturated rings. The zero-order valence-electron chi connectivity index (χ0n) is 11.4. The van der Waals surface area contributed by atoms with E-state index >= 15 is 0 Å². The average molecular weight is 260 g/mol. The van der Waals surface area contributed by atoms with Crippen molar-refractivity contribution in [2.75, 3.05) is 13.2 Å². The minimum atomic E-state index is -0.811. The molecule has 19 heavy (non-hydrogen) atoms. The summed E-state index contributed by atoms with van der Waals surface area (Å²) in [6, 6.07) is 12.2. The number of hydrogen-bond acceptors (Lipinski definition) is 4. The number of nitrogens with zero attached hydrogens (tertiary/aromatic N) is 2. The first-order valence-corrected chi connectivity index (χ1v) is 6.63. The summed E-state index contributed by atoms with van der Waals surface area (Å²) in [5.74, 6) is 0.210. The third-order valence-corrected chi connectivity index (χ3v) is 3.52. The molecular weight excluding hydrogens is 240 g/mol. The van der Waals surface area contributed by atoms with Crippen molar-refractivity contribution >= 4 is 0 Å². The van der Waals surface area contributed by atoms with Crippen molar-refractivity contribution in [2.45, 2.75) is 32.2 Å². The van der Waals surface area contributed by atoms with E-state index in [0.717, 1.165) is 5.56 Å². The van der Waals surface area contributed by atoms with Crippen molar-refractivity contribution < 1.29 is 9.84 Å². The lowest BCUT2D eigenvalue weighted by atomic mass is 9.97. The lowest BCUT2D eigenvalue weighted by Crippen LogP contribution is -2.50. The lowest BCUT2D eigenvalue weighted by molar-refractivity contribution is -0.173. The fourth-order valence-electron chi connectivity index (χ4n) is 2.53. The van der Waals surface area contributed by atoms with Crippen molar-refractivity contribution in [1.82, 2.24) is 4.90 Å². The molecule has 4 nitrogen and oxygen atoms in total. The molecule has 2 rings (SSSR count). The summed E-state index contributed by atoms with van der Waals surface area (Å²) in [4.78, 5) is 2.05. The van der Waals surface area contributed by atoms with Crippen LogP contribution in [0.4, 0.5) is 0 Å². The largest absolute Gasteiger partial charge is 0.367 e. The smallest absolute Gasteiger partial charge is 0.167 e. The minimum absolute atomic E-state index is 0.0247. The van der Waals surface area contributed by atoms with Crippen LogP contribution in [-0.4, -0.2) is 35.5 Å². The molecule has 0 aromatic heterocycles. The highest BCUT2D eigenvalue weighted by Gasteiger charge is 2.35. The van der Waals surface area contributed by atoms with Crippen LogP contribution in [0.3, 0.4) is 0 Å². The second kappa shape index (κ2) is 6.16. The van der Waals surface area contributed by atoms with Crippen LogP contribution >= 0.6 is 0 Å². The van der Waals surface area contributed by atoms with Gasteiger partial charge in [-0.2, -0.15) is 5.26 Å². The third-order valence-electron chi connectivity index (χ3n) is 3.52. The average Bonchev–Trinajstić information content (AvgIpc) is 2.40. The van der Waals surface area contributed by atoms with Gasteiger partial charge >= 0.3 is 0 Å². The van der Waals surface area contributed by atoms with Crippen LogP contribution in [0.25, 0.3) is 0 Å². The Balaban J connectivity index is 2.27. The Bertz CT molecular complexity index is 441. The number of rotatable bonds is 3. The molecule has 1 N–H and O–H groups in total. The molecule has 1 unspecified atom stereocenters. The van der Waals surface area contributed by atoms with Gasteiger partial charge in [0.05, 0.1) is 25.3 Å². The van der Waals surface area contributed by atoms with Crippen molar-refractivity contribution in [3.8, 4) is 6.07 Å². The van der Waals surface area contributed by atoms with Gasteiger partial charge in [-0.15, -0.1) is 0 Å². The number of aliphatic hydroxyl groups excluding tert-OH is 1. The van der Waals surface area contributed by atoms with E-state index in [9.17, 15) is 10.4 Å². The number of ether oxygens (including phenoxy) is 1. The van der Waals surface area contributed by atoms with Gasteiger partial charge in [0, 0.05) is 0 Å². The van der Waals surface area contributed by atoms with Crippen LogP contribution in [-0.2, 0) is 4.74 Å². The Labute approximate surface area is 114 Å². The predicted octanol–water partition coefficient (Wildman–Crippen LogP) is 1.93. The van der Waals surface area contributed by atoms with Gasteiger partial charge in [0.2, 0.25) is 0 Å². The Kier molecular flexibility index (Phi) is 4.54. The first kappa shape index (κ1) is 14.0. The van der Waals surface area contributed by atoms with Gasteiger partial charge in [-0.1, -0.05) is 44.2 Å². The quantitative estimate of drug-likeness (QED) is 0.902. The highest BCUT2D eigenvalue weighted by Crippen LogP contribution is 2.29. The van der Waals surface area contributed by atoms with Crippen LogP contribution in [0.1, 0.15) is 25.5 Å². The Hall–Kier alpha value is -1.41. The molecule has 0 spiro atoms.